The lowest BCUT2D eigenvalue weighted by atomic mass is 10.3. The summed E-state index contributed by atoms with van der Waals surface area (Å²) >= 11 is 3.25. The molecule has 1 rings (SSSR count). The third kappa shape index (κ3) is 3.63. The number of hydrogen-bond donors (Lipinski definition) is 3. The number of hydrogen-bond acceptors (Lipinski definition) is 4. The normalized spacial score (nSPS) is 11.6. The highest BCUT2D eigenvalue weighted by atomic mass is 79.9. The van der Waals surface area contributed by atoms with Crippen LogP contribution in [0.4, 0.5) is 10.5 Å². The quantitative estimate of drug-likeness (QED) is 0.724. The molecule has 1 unspecified atom stereocenters. The molecule has 0 aliphatic carbocycles. The van der Waals surface area contributed by atoms with Crippen LogP contribution in [0.2, 0.25) is 0 Å². The second-order valence-electron chi connectivity index (χ2n) is 3.27. The molecule has 0 saturated heterocycles. The van der Waals surface area contributed by atoms with Crippen molar-refractivity contribution < 1.29 is 14.3 Å². The van der Waals surface area contributed by atoms with Crippen molar-refractivity contribution in [1.29, 1.82) is 0 Å². The summed E-state index contributed by atoms with van der Waals surface area (Å²) in [4.78, 5) is 21.9. The number of imide groups is 1. The first-order valence-corrected chi connectivity index (χ1v) is 5.52. The Hall–Kier alpha value is -1.76. The van der Waals surface area contributed by atoms with Crippen LogP contribution in [-0.4, -0.2) is 18.0 Å². The van der Waals surface area contributed by atoms with Crippen molar-refractivity contribution in [3.05, 3.63) is 22.7 Å². The van der Waals surface area contributed by atoms with Gasteiger partial charge in [-0.2, -0.15) is 0 Å². The maximum absolute atomic E-state index is 11.4. The van der Waals surface area contributed by atoms with Crippen LogP contribution >= 0.6 is 15.9 Å². The smallest absolute Gasteiger partial charge is 0.318 e. The number of carbonyl (C=O) groups is 2. The first kappa shape index (κ1) is 13.3. The largest absolute Gasteiger partial charge is 0.478 e. The Kier molecular flexibility index (Phi) is 4.33. The number of nitrogens with two attached hydrogens (primary N) is 2. The van der Waals surface area contributed by atoms with Gasteiger partial charge in [0.2, 0.25) is 0 Å². The Balaban J connectivity index is 2.77. The van der Waals surface area contributed by atoms with Gasteiger partial charge in [0.25, 0.3) is 5.91 Å². The monoisotopic (exact) mass is 301 g/mol. The zero-order valence-corrected chi connectivity index (χ0v) is 10.7. The Bertz CT molecular complexity index is 430. The maximum atomic E-state index is 11.4. The SMILES string of the molecule is CC(Oc1c(N)cccc1Br)C(=O)NC(N)=O. The van der Waals surface area contributed by atoms with E-state index in [-0.39, 0.29) is 0 Å². The van der Waals surface area contributed by atoms with Crippen LogP contribution in [0.15, 0.2) is 22.7 Å². The summed E-state index contributed by atoms with van der Waals surface area (Å²) < 4.78 is 5.97. The van der Waals surface area contributed by atoms with Gasteiger partial charge in [0.1, 0.15) is 0 Å². The predicted octanol–water partition coefficient (Wildman–Crippen LogP) is 0.994. The van der Waals surface area contributed by atoms with Gasteiger partial charge < -0.3 is 16.2 Å². The van der Waals surface area contributed by atoms with Gasteiger partial charge in [-0.15, -0.1) is 0 Å². The van der Waals surface area contributed by atoms with Crippen molar-refractivity contribution in [3.8, 4) is 5.75 Å². The molecule has 0 saturated carbocycles. The molecule has 7 heteroatoms. The number of nitrogen functional groups attached to an aromatic ring is 1. The Morgan fingerprint density at radius 1 is 1.47 bits per heavy atom. The molecular weight excluding hydrogens is 290 g/mol. The number of carbonyl (C=O) groups excluding carboxylic acids is 2. The zero-order valence-electron chi connectivity index (χ0n) is 9.07. The van der Waals surface area contributed by atoms with Crippen LogP contribution in [0.3, 0.4) is 0 Å². The zero-order chi connectivity index (χ0) is 13.0. The van der Waals surface area contributed by atoms with Crippen LogP contribution in [0, 0.1) is 0 Å². The Morgan fingerprint density at radius 2 is 2.12 bits per heavy atom. The fourth-order valence-corrected chi connectivity index (χ4v) is 1.58. The molecule has 0 heterocycles. The third-order valence-corrected chi connectivity index (χ3v) is 2.53. The minimum atomic E-state index is -0.925. The number of urea groups is 1. The standard InChI is InChI=1S/C10H12BrN3O3/c1-5(9(15)14-10(13)16)17-8-6(11)3-2-4-7(8)12/h2-5H,12H2,1H3,(H3,13,14,15,16). The van der Waals surface area contributed by atoms with E-state index in [2.05, 4.69) is 15.9 Å². The number of ether oxygens (including phenoxy) is 1. The van der Waals surface area contributed by atoms with Gasteiger partial charge in [0.15, 0.2) is 11.9 Å². The molecule has 0 fully saturated rings. The second kappa shape index (κ2) is 5.53. The van der Waals surface area contributed by atoms with Crippen LogP contribution in [0.5, 0.6) is 5.75 Å². The van der Waals surface area contributed by atoms with Crippen LogP contribution in [-0.2, 0) is 4.79 Å². The van der Waals surface area contributed by atoms with Gasteiger partial charge in [-0.1, -0.05) is 6.07 Å². The average Bonchev–Trinajstić information content (AvgIpc) is 2.22. The van der Waals surface area contributed by atoms with E-state index in [1.807, 2.05) is 5.32 Å². The van der Waals surface area contributed by atoms with Crippen molar-refractivity contribution in [3.63, 3.8) is 0 Å². The lowest BCUT2D eigenvalue weighted by Crippen LogP contribution is -2.42. The van der Waals surface area contributed by atoms with Crippen molar-refractivity contribution in [2.75, 3.05) is 5.73 Å². The van der Waals surface area contributed by atoms with E-state index in [4.69, 9.17) is 16.2 Å². The molecule has 0 radical (unpaired) electrons. The van der Waals surface area contributed by atoms with Crippen LogP contribution in [0.25, 0.3) is 0 Å². The molecule has 0 aliphatic rings. The van der Waals surface area contributed by atoms with Crippen LogP contribution in [0.1, 0.15) is 6.92 Å². The summed E-state index contributed by atoms with van der Waals surface area (Å²) in [6, 6.07) is 4.18. The summed E-state index contributed by atoms with van der Waals surface area (Å²) in [5.41, 5.74) is 10.9. The highest BCUT2D eigenvalue weighted by molar-refractivity contribution is 9.10. The number of rotatable bonds is 3. The van der Waals surface area contributed by atoms with E-state index >= 15 is 0 Å². The molecule has 1 aromatic rings. The van der Waals surface area contributed by atoms with E-state index in [0.29, 0.717) is 15.9 Å². The van der Waals surface area contributed by atoms with E-state index in [0.717, 1.165) is 0 Å². The van der Waals surface area contributed by atoms with E-state index in [9.17, 15) is 9.59 Å². The van der Waals surface area contributed by atoms with Gasteiger partial charge >= 0.3 is 6.03 Å². The van der Waals surface area contributed by atoms with Crippen molar-refractivity contribution >= 4 is 33.6 Å². The molecule has 17 heavy (non-hydrogen) atoms. The number of nitrogens with one attached hydrogen (secondary N) is 1. The van der Waals surface area contributed by atoms with E-state index in [1.165, 1.54) is 6.92 Å². The Morgan fingerprint density at radius 3 is 2.65 bits per heavy atom. The highest BCUT2D eigenvalue weighted by Crippen LogP contribution is 2.31. The molecule has 0 spiro atoms. The molecule has 6 nitrogen and oxygen atoms in total. The van der Waals surface area contributed by atoms with Gasteiger partial charge in [-0.3, -0.25) is 10.1 Å². The van der Waals surface area contributed by atoms with Crippen molar-refractivity contribution in [1.82, 2.24) is 5.32 Å². The third-order valence-electron chi connectivity index (χ3n) is 1.91. The number of halogens is 1. The summed E-state index contributed by atoms with van der Waals surface area (Å²) in [5, 5.41) is 1.92. The lowest BCUT2D eigenvalue weighted by Gasteiger charge is -2.16. The molecule has 0 aromatic heterocycles. The van der Waals surface area contributed by atoms with Crippen molar-refractivity contribution in [2.45, 2.75) is 13.0 Å². The first-order valence-electron chi connectivity index (χ1n) is 4.72. The average molecular weight is 302 g/mol. The fraction of sp³-hybridized carbons (Fsp3) is 0.200. The van der Waals surface area contributed by atoms with Gasteiger partial charge in [-0.05, 0) is 35.0 Å². The fourth-order valence-electron chi connectivity index (χ4n) is 1.10. The number of benzene rings is 1. The molecule has 1 atom stereocenters. The summed E-state index contributed by atoms with van der Waals surface area (Å²) in [6.07, 6.45) is -0.886. The van der Waals surface area contributed by atoms with Gasteiger partial charge in [0.05, 0.1) is 10.2 Å². The number of para-hydroxylation sites is 1. The molecule has 0 aliphatic heterocycles. The molecule has 1 aromatic carbocycles. The number of primary amides is 1. The number of anilines is 1. The number of amides is 3. The molecular formula is C10H12BrN3O3. The Labute approximate surface area is 106 Å². The molecule has 0 bridgehead atoms. The molecule has 3 amide bonds. The molecule has 92 valence electrons. The van der Waals surface area contributed by atoms with E-state index < -0.39 is 18.0 Å². The lowest BCUT2D eigenvalue weighted by molar-refractivity contribution is -0.126. The van der Waals surface area contributed by atoms with Gasteiger partial charge in [0, 0.05) is 0 Å². The predicted molar refractivity (Wildman–Crippen MR) is 66.4 cm³/mol. The second-order valence-corrected chi connectivity index (χ2v) is 4.13. The van der Waals surface area contributed by atoms with Crippen LogP contribution < -0.4 is 21.5 Å². The summed E-state index contributed by atoms with van der Waals surface area (Å²) in [7, 11) is 0. The van der Waals surface area contributed by atoms with Crippen molar-refractivity contribution in [2.24, 2.45) is 5.73 Å². The molecule has 5 N–H and O–H groups in total. The maximum Gasteiger partial charge on any atom is 0.318 e. The summed E-state index contributed by atoms with van der Waals surface area (Å²) in [6.45, 7) is 1.48. The van der Waals surface area contributed by atoms with E-state index in [1.54, 1.807) is 18.2 Å². The van der Waals surface area contributed by atoms with Gasteiger partial charge in [-0.25, -0.2) is 4.79 Å². The minimum Gasteiger partial charge on any atom is -0.478 e. The topological polar surface area (TPSA) is 107 Å². The summed E-state index contributed by atoms with van der Waals surface area (Å²) in [5.74, 6) is -0.285. The minimum absolute atomic E-state index is 0.347. The highest BCUT2D eigenvalue weighted by Gasteiger charge is 2.18. The first-order chi connectivity index (χ1) is 7.91.